The number of anilines is 2. The minimum atomic E-state index is -0.157. The molecule has 2 aromatic carbocycles. The molecule has 4 rings (SSSR count). The normalized spacial score (nSPS) is 16.2. The molecule has 126 valence electrons. The van der Waals surface area contributed by atoms with Crippen molar-refractivity contribution in [3.05, 3.63) is 59.3 Å². The highest BCUT2D eigenvalue weighted by Crippen LogP contribution is 2.35. The molecule has 1 atom stereocenters. The molecule has 1 amide bonds. The Hall–Kier alpha value is -3.15. The van der Waals surface area contributed by atoms with Crippen LogP contribution in [-0.4, -0.2) is 20.8 Å². The minimum Gasteiger partial charge on any atom is -0.383 e. The number of rotatable bonds is 2. The summed E-state index contributed by atoms with van der Waals surface area (Å²) in [5.41, 5.74) is 14.2. The molecule has 0 bridgehead atoms. The Kier molecular flexibility index (Phi) is 3.53. The van der Waals surface area contributed by atoms with E-state index in [-0.39, 0.29) is 17.9 Å². The summed E-state index contributed by atoms with van der Waals surface area (Å²) < 4.78 is 0. The van der Waals surface area contributed by atoms with E-state index in [1.165, 1.54) is 5.39 Å². The number of carbonyl (C=O) groups is 1. The van der Waals surface area contributed by atoms with Gasteiger partial charge in [0.15, 0.2) is 0 Å². The van der Waals surface area contributed by atoms with Gasteiger partial charge in [0.2, 0.25) is 11.9 Å². The van der Waals surface area contributed by atoms with Crippen LogP contribution >= 0.6 is 0 Å². The van der Waals surface area contributed by atoms with Crippen LogP contribution in [0.15, 0.2) is 42.5 Å². The number of nitrogen functional groups attached to an aromatic ring is 2. The van der Waals surface area contributed by atoms with Gasteiger partial charge in [0.05, 0.1) is 24.7 Å². The van der Waals surface area contributed by atoms with Crippen molar-refractivity contribution in [3.8, 4) is 0 Å². The molecule has 4 N–H and O–H groups in total. The smallest absolute Gasteiger partial charge is 0.227 e. The summed E-state index contributed by atoms with van der Waals surface area (Å²) in [6, 6.07) is 14.1. The van der Waals surface area contributed by atoms with E-state index >= 15 is 0 Å². The van der Waals surface area contributed by atoms with Crippen molar-refractivity contribution in [1.82, 2.24) is 14.9 Å². The van der Waals surface area contributed by atoms with Crippen molar-refractivity contribution in [2.24, 2.45) is 0 Å². The van der Waals surface area contributed by atoms with Crippen LogP contribution in [-0.2, 0) is 17.8 Å². The van der Waals surface area contributed by atoms with Crippen molar-refractivity contribution < 1.29 is 4.79 Å². The molecule has 1 aromatic heterocycles. The zero-order chi connectivity index (χ0) is 17.6. The summed E-state index contributed by atoms with van der Waals surface area (Å²) in [5, 5.41) is 2.30. The second-order valence-corrected chi connectivity index (χ2v) is 6.39. The van der Waals surface area contributed by atoms with E-state index in [1.54, 1.807) is 4.90 Å². The maximum Gasteiger partial charge on any atom is 0.227 e. The maximum absolute atomic E-state index is 12.8. The summed E-state index contributed by atoms with van der Waals surface area (Å²) in [4.78, 5) is 22.9. The number of nitrogens with two attached hydrogens (primary N) is 2. The van der Waals surface area contributed by atoms with Crippen LogP contribution in [0.5, 0.6) is 0 Å². The third kappa shape index (κ3) is 2.65. The Labute approximate surface area is 145 Å². The largest absolute Gasteiger partial charge is 0.383 e. The molecule has 1 unspecified atom stereocenters. The van der Waals surface area contributed by atoms with Gasteiger partial charge in [-0.05, 0) is 23.3 Å². The Bertz CT molecular complexity index is 985. The molecule has 6 nitrogen and oxygen atoms in total. The first kappa shape index (κ1) is 15.4. The zero-order valence-corrected chi connectivity index (χ0v) is 13.9. The van der Waals surface area contributed by atoms with Crippen LogP contribution in [0.3, 0.4) is 0 Å². The second-order valence-electron chi connectivity index (χ2n) is 6.39. The molecular weight excluding hydrogens is 314 g/mol. The monoisotopic (exact) mass is 333 g/mol. The van der Waals surface area contributed by atoms with E-state index in [0.717, 1.165) is 22.2 Å². The number of hydrogen-bond acceptors (Lipinski definition) is 5. The fraction of sp³-hybridized carbons (Fsp3) is 0.211. The number of hydrogen-bond donors (Lipinski definition) is 2. The topological polar surface area (TPSA) is 98.1 Å². The van der Waals surface area contributed by atoms with Crippen LogP contribution in [0, 0.1) is 0 Å². The molecule has 3 aromatic rings. The molecule has 1 aliphatic heterocycles. The molecule has 0 fully saturated rings. The third-order valence-electron chi connectivity index (χ3n) is 4.77. The van der Waals surface area contributed by atoms with E-state index < -0.39 is 0 Å². The number of carbonyl (C=O) groups excluding carboxylic acids is 1. The lowest BCUT2D eigenvalue weighted by molar-refractivity contribution is -0.132. The van der Waals surface area contributed by atoms with Gasteiger partial charge >= 0.3 is 0 Å². The van der Waals surface area contributed by atoms with Crippen molar-refractivity contribution in [2.75, 3.05) is 11.5 Å². The van der Waals surface area contributed by atoms with Gasteiger partial charge in [-0.2, -0.15) is 4.98 Å². The highest BCUT2D eigenvalue weighted by molar-refractivity contribution is 5.86. The standard InChI is InChI=1S/C19H19N5O/c1-11-17-15(18(20)23-19(21)22-17)10-24(11)16(25)9-12-6-7-13-4-2-3-5-14(13)8-12/h2-8,11H,9-10H2,1H3,(H4,20,21,22,23). The second kappa shape index (κ2) is 5.73. The molecule has 0 saturated heterocycles. The van der Waals surface area contributed by atoms with Gasteiger partial charge in [0.25, 0.3) is 0 Å². The van der Waals surface area contributed by atoms with Gasteiger partial charge in [0.1, 0.15) is 5.82 Å². The van der Waals surface area contributed by atoms with Crippen molar-refractivity contribution in [2.45, 2.75) is 25.9 Å². The van der Waals surface area contributed by atoms with Gasteiger partial charge in [-0.25, -0.2) is 4.98 Å². The van der Waals surface area contributed by atoms with Crippen LogP contribution in [0.1, 0.15) is 29.8 Å². The highest BCUT2D eigenvalue weighted by atomic mass is 16.2. The molecule has 0 saturated carbocycles. The molecule has 6 heteroatoms. The minimum absolute atomic E-state index is 0.0405. The third-order valence-corrected chi connectivity index (χ3v) is 4.77. The summed E-state index contributed by atoms with van der Waals surface area (Å²) in [7, 11) is 0. The summed E-state index contributed by atoms with van der Waals surface area (Å²) in [6.07, 6.45) is 0.339. The Balaban J connectivity index is 1.58. The maximum atomic E-state index is 12.8. The Morgan fingerprint density at radius 2 is 1.92 bits per heavy atom. The molecule has 0 spiro atoms. The fourth-order valence-corrected chi connectivity index (χ4v) is 3.43. The van der Waals surface area contributed by atoms with Crippen molar-refractivity contribution in [1.29, 1.82) is 0 Å². The quantitative estimate of drug-likeness (QED) is 0.750. The van der Waals surface area contributed by atoms with E-state index in [1.807, 2.05) is 31.2 Å². The zero-order valence-electron chi connectivity index (χ0n) is 13.9. The van der Waals surface area contributed by atoms with Gasteiger partial charge in [0, 0.05) is 5.56 Å². The van der Waals surface area contributed by atoms with Crippen LogP contribution < -0.4 is 11.5 Å². The number of amides is 1. The molecule has 25 heavy (non-hydrogen) atoms. The Morgan fingerprint density at radius 3 is 2.72 bits per heavy atom. The van der Waals surface area contributed by atoms with E-state index in [0.29, 0.717) is 18.8 Å². The predicted octanol–water partition coefficient (Wildman–Crippen LogP) is 2.44. The van der Waals surface area contributed by atoms with Crippen LogP contribution in [0.4, 0.5) is 11.8 Å². The van der Waals surface area contributed by atoms with Gasteiger partial charge < -0.3 is 16.4 Å². The first-order valence-electron chi connectivity index (χ1n) is 8.22. The van der Waals surface area contributed by atoms with E-state index in [9.17, 15) is 4.79 Å². The first-order valence-corrected chi connectivity index (χ1v) is 8.22. The van der Waals surface area contributed by atoms with Crippen LogP contribution in [0.2, 0.25) is 0 Å². The summed E-state index contributed by atoms with van der Waals surface area (Å²) >= 11 is 0. The summed E-state index contributed by atoms with van der Waals surface area (Å²) in [6.45, 7) is 2.37. The highest BCUT2D eigenvalue weighted by Gasteiger charge is 2.33. The number of fused-ring (bicyclic) bond motifs is 2. The lowest BCUT2D eigenvalue weighted by atomic mass is 10.0. The lowest BCUT2D eigenvalue weighted by Crippen LogP contribution is -2.29. The lowest BCUT2D eigenvalue weighted by Gasteiger charge is -2.21. The molecule has 0 aliphatic carbocycles. The molecule has 0 radical (unpaired) electrons. The first-order chi connectivity index (χ1) is 12.0. The Morgan fingerprint density at radius 1 is 1.16 bits per heavy atom. The number of benzene rings is 2. The van der Waals surface area contributed by atoms with Gasteiger partial charge in [-0.15, -0.1) is 0 Å². The predicted molar refractivity (Wildman–Crippen MR) is 97.5 cm³/mol. The SMILES string of the molecule is CC1c2nc(N)nc(N)c2CN1C(=O)Cc1ccc2ccccc2c1. The van der Waals surface area contributed by atoms with Crippen molar-refractivity contribution in [3.63, 3.8) is 0 Å². The molecule has 2 heterocycles. The fourth-order valence-electron chi connectivity index (χ4n) is 3.43. The molecular formula is C19H19N5O. The number of nitrogens with zero attached hydrogens (tertiary/aromatic N) is 3. The van der Waals surface area contributed by atoms with Crippen LogP contribution in [0.25, 0.3) is 10.8 Å². The average molecular weight is 333 g/mol. The summed E-state index contributed by atoms with van der Waals surface area (Å²) in [5.74, 6) is 0.543. The van der Waals surface area contributed by atoms with Gasteiger partial charge in [-0.3, -0.25) is 4.79 Å². The number of aromatic nitrogens is 2. The molecule has 1 aliphatic rings. The van der Waals surface area contributed by atoms with Gasteiger partial charge in [-0.1, -0.05) is 42.5 Å². The van der Waals surface area contributed by atoms with E-state index in [2.05, 4.69) is 28.2 Å². The van der Waals surface area contributed by atoms with Crippen molar-refractivity contribution >= 4 is 28.4 Å². The average Bonchev–Trinajstić information content (AvgIpc) is 2.92. The van der Waals surface area contributed by atoms with E-state index in [4.69, 9.17) is 11.5 Å².